The Morgan fingerprint density at radius 1 is 1.00 bits per heavy atom. The van der Waals surface area contributed by atoms with E-state index in [2.05, 4.69) is 0 Å². The summed E-state index contributed by atoms with van der Waals surface area (Å²) >= 11 is 18.8. The number of carbonyl (C=O) groups is 1. The maximum Gasteiger partial charge on any atom is 0.270 e. The van der Waals surface area contributed by atoms with Gasteiger partial charge in [-0.1, -0.05) is 71.4 Å². The third-order valence-electron chi connectivity index (χ3n) is 4.96. The molecule has 0 bridgehead atoms. The summed E-state index contributed by atoms with van der Waals surface area (Å²) in [4.78, 5) is 15.1. The molecule has 32 heavy (non-hydrogen) atoms. The Morgan fingerprint density at radius 3 is 2.34 bits per heavy atom. The molecule has 0 radical (unpaired) electrons. The number of amides is 1. The van der Waals surface area contributed by atoms with Gasteiger partial charge in [0, 0.05) is 0 Å². The van der Waals surface area contributed by atoms with E-state index in [0.29, 0.717) is 25.9 Å². The SMILES string of the molecule is Cc1cc(/C=C2/SC(=S)N(c3ccccc3)C2=O)cc(C)c1OCc1ccc(Cl)c(Cl)c1. The third kappa shape index (κ3) is 4.86. The van der Waals surface area contributed by atoms with Gasteiger partial charge in [0.2, 0.25) is 0 Å². The Kier molecular flexibility index (Phi) is 6.91. The number of anilines is 1. The van der Waals surface area contributed by atoms with Crippen LogP contribution in [0.2, 0.25) is 10.0 Å². The molecule has 1 heterocycles. The maximum absolute atomic E-state index is 13.0. The molecule has 0 atom stereocenters. The highest BCUT2D eigenvalue weighted by atomic mass is 35.5. The van der Waals surface area contributed by atoms with E-state index in [9.17, 15) is 4.79 Å². The minimum atomic E-state index is -0.110. The Morgan fingerprint density at radius 2 is 1.69 bits per heavy atom. The van der Waals surface area contributed by atoms with Crippen LogP contribution in [0.15, 0.2) is 65.6 Å². The Hall–Kier alpha value is -2.31. The molecule has 4 rings (SSSR count). The lowest BCUT2D eigenvalue weighted by Gasteiger charge is -2.14. The van der Waals surface area contributed by atoms with Crippen molar-refractivity contribution in [3.05, 3.63) is 97.9 Å². The molecule has 3 nitrogen and oxygen atoms in total. The van der Waals surface area contributed by atoms with Crippen LogP contribution in [0.1, 0.15) is 22.3 Å². The van der Waals surface area contributed by atoms with Crippen LogP contribution >= 0.6 is 47.2 Å². The summed E-state index contributed by atoms with van der Waals surface area (Å²) < 4.78 is 6.59. The van der Waals surface area contributed by atoms with Crippen molar-refractivity contribution < 1.29 is 9.53 Å². The van der Waals surface area contributed by atoms with Crippen molar-refractivity contribution in [3.8, 4) is 5.75 Å². The first-order chi connectivity index (χ1) is 15.3. The smallest absolute Gasteiger partial charge is 0.270 e. The molecular weight excluding hydrogens is 481 g/mol. The van der Waals surface area contributed by atoms with E-state index in [4.69, 9.17) is 40.2 Å². The van der Waals surface area contributed by atoms with Crippen LogP contribution < -0.4 is 9.64 Å². The number of hydrogen-bond acceptors (Lipinski definition) is 4. The van der Waals surface area contributed by atoms with Gasteiger partial charge in [0.05, 0.1) is 20.6 Å². The average molecular weight is 500 g/mol. The molecule has 0 aromatic heterocycles. The molecule has 3 aromatic rings. The summed E-state index contributed by atoms with van der Waals surface area (Å²) in [7, 11) is 0. The third-order valence-corrected chi connectivity index (χ3v) is 7.00. The second-order valence-corrected chi connectivity index (χ2v) is 9.86. The quantitative estimate of drug-likeness (QED) is 0.267. The molecule has 1 amide bonds. The second-order valence-electron chi connectivity index (χ2n) is 7.37. The van der Waals surface area contributed by atoms with Gasteiger partial charge in [0.15, 0.2) is 4.32 Å². The van der Waals surface area contributed by atoms with E-state index >= 15 is 0 Å². The van der Waals surface area contributed by atoms with Crippen molar-refractivity contribution >= 4 is 69.2 Å². The van der Waals surface area contributed by atoms with Crippen LogP contribution in [0.5, 0.6) is 5.75 Å². The molecule has 1 saturated heterocycles. The minimum Gasteiger partial charge on any atom is -0.488 e. The van der Waals surface area contributed by atoms with Gasteiger partial charge in [-0.05, 0) is 78.6 Å². The van der Waals surface area contributed by atoms with E-state index in [1.54, 1.807) is 17.0 Å². The molecule has 1 aliphatic heterocycles. The molecule has 7 heteroatoms. The number of nitrogens with zero attached hydrogens (tertiary/aromatic N) is 1. The summed E-state index contributed by atoms with van der Waals surface area (Å²) in [5, 5.41) is 1.02. The fraction of sp³-hybridized carbons (Fsp3) is 0.120. The normalized spacial score (nSPS) is 15.0. The first kappa shape index (κ1) is 22.9. The van der Waals surface area contributed by atoms with Gasteiger partial charge in [0.1, 0.15) is 12.4 Å². The highest BCUT2D eigenvalue weighted by Gasteiger charge is 2.33. The summed E-state index contributed by atoms with van der Waals surface area (Å²) in [6, 6.07) is 18.9. The zero-order valence-corrected chi connectivity index (χ0v) is 20.5. The van der Waals surface area contributed by atoms with Gasteiger partial charge in [-0.15, -0.1) is 0 Å². The van der Waals surface area contributed by atoms with Crippen LogP contribution in [0.3, 0.4) is 0 Å². The van der Waals surface area contributed by atoms with Crippen molar-refractivity contribution in [1.29, 1.82) is 0 Å². The highest BCUT2D eigenvalue weighted by molar-refractivity contribution is 8.27. The van der Waals surface area contributed by atoms with Gasteiger partial charge in [0.25, 0.3) is 5.91 Å². The number of thiocarbonyl (C=S) groups is 1. The van der Waals surface area contributed by atoms with Gasteiger partial charge < -0.3 is 4.74 Å². The van der Waals surface area contributed by atoms with Crippen molar-refractivity contribution in [3.63, 3.8) is 0 Å². The number of aryl methyl sites for hydroxylation is 2. The van der Waals surface area contributed by atoms with Gasteiger partial charge >= 0.3 is 0 Å². The number of carbonyl (C=O) groups excluding carboxylic acids is 1. The number of hydrogen-bond donors (Lipinski definition) is 0. The Bertz CT molecular complexity index is 1220. The topological polar surface area (TPSA) is 29.5 Å². The molecule has 1 fully saturated rings. The van der Waals surface area contributed by atoms with Crippen LogP contribution in [-0.4, -0.2) is 10.2 Å². The van der Waals surface area contributed by atoms with Crippen molar-refractivity contribution in [2.24, 2.45) is 0 Å². The van der Waals surface area contributed by atoms with E-state index in [-0.39, 0.29) is 5.91 Å². The summed E-state index contributed by atoms with van der Waals surface area (Å²) in [5.74, 6) is 0.700. The van der Waals surface area contributed by atoms with E-state index in [1.165, 1.54) is 11.8 Å². The second kappa shape index (κ2) is 9.67. The molecule has 0 spiro atoms. The van der Waals surface area contributed by atoms with Crippen LogP contribution in [0.4, 0.5) is 5.69 Å². The molecule has 0 saturated carbocycles. The van der Waals surface area contributed by atoms with Crippen LogP contribution in [-0.2, 0) is 11.4 Å². The van der Waals surface area contributed by atoms with E-state index in [1.807, 2.05) is 68.5 Å². The predicted octanol–water partition coefficient (Wildman–Crippen LogP) is 7.60. The van der Waals surface area contributed by atoms with Crippen molar-refractivity contribution in [2.45, 2.75) is 20.5 Å². The van der Waals surface area contributed by atoms with Gasteiger partial charge in [-0.25, -0.2) is 0 Å². The number of thioether (sulfide) groups is 1. The summed E-state index contributed by atoms with van der Waals surface area (Å²) in [6.07, 6.45) is 1.88. The molecule has 162 valence electrons. The number of rotatable bonds is 5. The monoisotopic (exact) mass is 499 g/mol. The molecule has 0 unspecified atom stereocenters. The number of halogens is 2. The van der Waals surface area contributed by atoms with Crippen LogP contribution in [0.25, 0.3) is 6.08 Å². The van der Waals surface area contributed by atoms with E-state index < -0.39 is 0 Å². The molecule has 3 aromatic carbocycles. The zero-order valence-electron chi connectivity index (χ0n) is 17.4. The standard InChI is InChI=1S/C25H19Cl2NO2S2/c1-15-10-18(11-16(2)23(15)30-14-17-8-9-20(26)21(27)12-17)13-22-24(29)28(25(31)32-22)19-6-4-3-5-7-19/h3-13H,14H2,1-2H3/b22-13+. The van der Waals surface area contributed by atoms with Gasteiger partial charge in [-0.3, -0.25) is 9.69 Å². The Balaban J connectivity index is 1.54. The Labute approximate surface area is 207 Å². The molecule has 0 N–H and O–H groups in total. The predicted molar refractivity (Wildman–Crippen MR) is 139 cm³/mol. The van der Waals surface area contributed by atoms with Gasteiger partial charge in [-0.2, -0.15) is 0 Å². The first-order valence-corrected chi connectivity index (χ1v) is 11.8. The number of para-hydroxylation sites is 1. The summed E-state index contributed by atoms with van der Waals surface area (Å²) in [6.45, 7) is 4.36. The fourth-order valence-electron chi connectivity index (χ4n) is 3.50. The molecule has 1 aliphatic rings. The highest BCUT2D eigenvalue weighted by Crippen LogP contribution is 2.37. The lowest BCUT2D eigenvalue weighted by Crippen LogP contribution is -2.27. The largest absolute Gasteiger partial charge is 0.488 e. The minimum absolute atomic E-state index is 0.110. The average Bonchev–Trinajstić information content (AvgIpc) is 3.03. The fourth-order valence-corrected chi connectivity index (χ4v) is 5.12. The molecular formula is C25H19Cl2NO2S2. The lowest BCUT2D eigenvalue weighted by atomic mass is 10.0. The first-order valence-electron chi connectivity index (χ1n) is 9.84. The maximum atomic E-state index is 13.0. The van der Waals surface area contributed by atoms with Crippen LogP contribution in [0, 0.1) is 13.8 Å². The number of benzene rings is 3. The number of ether oxygens (including phenoxy) is 1. The van der Waals surface area contributed by atoms with Crippen molar-refractivity contribution in [1.82, 2.24) is 0 Å². The van der Waals surface area contributed by atoms with E-state index in [0.717, 1.165) is 33.7 Å². The molecule has 0 aliphatic carbocycles. The zero-order chi connectivity index (χ0) is 22.8. The van der Waals surface area contributed by atoms with Crippen molar-refractivity contribution in [2.75, 3.05) is 4.90 Å². The lowest BCUT2D eigenvalue weighted by molar-refractivity contribution is -0.113. The summed E-state index contributed by atoms with van der Waals surface area (Å²) in [5.41, 5.74) is 4.60.